The lowest BCUT2D eigenvalue weighted by molar-refractivity contribution is -0.402. The molecule has 9 nitrogen and oxygen atoms in total. The summed E-state index contributed by atoms with van der Waals surface area (Å²) in [6, 6.07) is 8.86. The molecule has 10 heteroatoms. The first-order valence-corrected chi connectivity index (χ1v) is 10.8. The fraction of sp³-hybridized carbons (Fsp3) is 0.409. The number of anilines is 2. The molecule has 1 saturated heterocycles. The van der Waals surface area contributed by atoms with Crippen LogP contribution in [0.3, 0.4) is 0 Å². The summed E-state index contributed by atoms with van der Waals surface area (Å²) >= 11 is 0. The Hall–Kier alpha value is -3.40. The number of piperazine rings is 1. The van der Waals surface area contributed by atoms with E-state index in [0.717, 1.165) is 50.3 Å². The summed E-state index contributed by atoms with van der Waals surface area (Å²) in [4.78, 5) is 19.4. The Bertz CT molecular complexity index is 1070. The Morgan fingerprint density at radius 2 is 2.00 bits per heavy atom. The van der Waals surface area contributed by atoms with Gasteiger partial charge in [-0.05, 0) is 56.3 Å². The molecular weight excluding hydrogens is 415 g/mol. The molecule has 168 valence electrons. The molecule has 1 aromatic carbocycles. The Morgan fingerprint density at radius 3 is 2.69 bits per heavy atom. The number of rotatable bonds is 5. The minimum absolute atomic E-state index is 0.271. The fourth-order valence-corrected chi connectivity index (χ4v) is 3.92. The van der Waals surface area contributed by atoms with Crippen molar-refractivity contribution in [3.8, 4) is 0 Å². The summed E-state index contributed by atoms with van der Waals surface area (Å²) in [5.41, 5.74) is 2.25. The summed E-state index contributed by atoms with van der Waals surface area (Å²) in [6.45, 7) is 3.84. The second kappa shape index (κ2) is 8.27. The quantitative estimate of drug-likeness (QED) is 0.434. The largest absolute Gasteiger partial charge is 0.433 e. The van der Waals surface area contributed by atoms with Crippen LogP contribution in [0, 0.1) is 10.1 Å². The second-order valence-corrected chi connectivity index (χ2v) is 8.41. The molecular formula is C22H25FN6O3. The minimum Gasteiger partial charge on any atom is -0.401 e. The highest BCUT2D eigenvalue weighted by Crippen LogP contribution is 2.34. The van der Waals surface area contributed by atoms with Gasteiger partial charge in [0.15, 0.2) is 6.17 Å². The number of nitrogens with one attached hydrogen (secondary N) is 1. The van der Waals surface area contributed by atoms with Crippen molar-refractivity contribution >= 4 is 29.2 Å². The molecule has 5 rings (SSSR count). The molecule has 0 spiro atoms. The molecule has 1 atom stereocenters. The van der Waals surface area contributed by atoms with E-state index in [1.165, 1.54) is 24.3 Å². The van der Waals surface area contributed by atoms with Crippen LogP contribution < -0.4 is 15.3 Å². The van der Waals surface area contributed by atoms with E-state index in [4.69, 9.17) is 4.42 Å². The number of benzene rings is 1. The molecule has 1 aliphatic carbocycles. The maximum atomic E-state index is 15.3. The van der Waals surface area contributed by atoms with E-state index in [9.17, 15) is 10.1 Å². The van der Waals surface area contributed by atoms with Crippen molar-refractivity contribution in [3.05, 3.63) is 57.8 Å². The van der Waals surface area contributed by atoms with Crippen LogP contribution in [0.1, 0.15) is 24.2 Å². The molecule has 0 amide bonds. The molecule has 2 fully saturated rings. The zero-order valence-corrected chi connectivity index (χ0v) is 17.8. The molecule has 1 aromatic heterocycles. The summed E-state index contributed by atoms with van der Waals surface area (Å²) in [7, 11) is 2.12. The van der Waals surface area contributed by atoms with E-state index in [1.807, 2.05) is 12.1 Å². The Labute approximate surface area is 184 Å². The van der Waals surface area contributed by atoms with Crippen molar-refractivity contribution in [1.82, 2.24) is 10.2 Å². The van der Waals surface area contributed by atoms with Crippen molar-refractivity contribution in [1.29, 1.82) is 0 Å². The highest BCUT2D eigenvalue weighted by atomic mass is 19.2. The number of fused-ring (bicyclic) bond motifs is 1. The summed E-state index contributed by atoms with van der Waals surface area (Å²) in [6.07, 6.45) is 4.29. The van der Waals surface area contributed by atoms with Gasteiger partial charge in [-0.15, -0.1) is 0 Å². The number of hydrogen-bond donors (Lipinski definition) is 1. The molecule has 3 heterocycles. The Kier molecular flexibility index (Phi) is 5.30. The van der Waals surface area contributed by atoms with Gasteiger partial charge in [-0.25, -0.2) is 4.99 Å². The Balaban J connectivity index is 1.42. The number of amidine groups is 1. The van der Waals surface area contributed by atoms with Gasteiger partial charge in [0.1, 0.15) is 16.5 Å². The lowest BCUT2D eigenvalue weighted by Crippen LogP contribution is -2.44. The van der Waals surface area contributed by atoms with Gasteiger partial charge in [-0.2, -0.15) is 5.12 Å². The summed E-state index contributed by atoms with van der Waals surface area (Å²) in [5.74, 6) is 0.590. The smallest absolute Gasteiger partial charge is 0.401 e. The van der Waals surface area contributed by atoms with E-state index in [-0.39, 0.29) is 11.6 Å². The third-order valence-corrected chi connectivity index (χ3v) is 5.97. The molecule has 2 aromatic rings. The maximum Gasteiger partial charge on any atom is 0.433 e. The van der Waals surface area contributed by atoms with Crippen LogP contribution >= 0.6 is 0 Å². The van der Waals surface area contributed by atoms with Gasteiger partial charge in [0.2, 0.25) is 0 Å². The topological polar surface area (TPSA) is 90.4 Å². The predicted octanol–water partition coefficient (Wildman–Crippen LogP) is 3.18. The first-order chi connectivity index (χ1) is 15.5. The lowest BCUT2D eigenvalue weighted by Gasteiger charge is -2.35. The SMILES string of the molecule is CN1CCN(c2ccc3c(c2)C(NC2CC2)=NC(C=Cc2ccc([N+](=O)[O-])o2)N3F)CC1. The van der Waals surface area contributed by atoms with Crippen molar-refractivity contribution in [2.75, 3.05) is 43.2 Å². The van der Waals surface area contributed by atoms with Crippen molar-refractivity contribution in [3.63, 3.8) is 0 Å². The molecule has 1 N–H and O–H groups in total. The van der Waals surface area contributed by atoms with E-state index >= 15 is 4.48 Å². The van der Waals surface area contributed by atoms with Gasteiger partial charge in [0.25, 0.3) is 0 Å². The van der Waals surface area contributed by atoms with Gasteiger partial charge in [-0.1, -0.05) is 4.48 Å². The zero-order valence-electron chi connectivity index (χ0n) is 17.8. The standard InChI is InChI=1S/C22H25FN6O3/c1-26-10-12-27(13-11-26)16-4-7-19-18(14-16)22(24-15-2-3-15)25-20(28(19)23)8-5-17-6-9-21(32-17)29(30)31/h4-9,14-15,20H,2-3,10-13H2,1H3,(H,24,25). The van der Waals surface area contributed by atoms with Crippen LogP contribution in [0.2, 0.25) is 0 Å². The number of likely N-dealkylation sites (N-methyl/N-ethyl adjacent to an activating group) is 1. The van der Waals surface area contributed by atoms with E-state index < -0.39 is 11.1 Å². The van der Waals surface area contributed by atoms with Gasteiger partial charge < -0.3 is 19.5 Å². The van der Waals surface area contributed by atoms with Crippen LogP contribution in [-0.4, -0.2) is 61.1 Å². The zero-order chi connectivity index (χ0) is 22.2. The molecule has 3 aliphatic rings. The van der Waals surface area contributed by atoms with Crippen molar-refractivity contribution in [2.45, 2.75) is 25.0 Å². The summed E-state index contributed by atoms with van der Waals surface area (Å²) < 4.78 is 20.4. The molecule has 1 unspecified atom stereocenters. The highest BCUT2D eigenvalue weighted by molar-refractivity contribution is 6.06. The third-order valence-electron chi connectivity index (χ3n) is 5.97. The average Bonchev–Trinajstić information content (AvgIpc) is 3.48. The fourth-order valence-electron chi connectivity index (χ4n) is 3.92. The Morgan fingerprint density at radius 1 is 1.22 bits per heavy atom. The van der Waals surface area contributed by atoms with Crippen LogP contribution in [0.15, 0.2) is 45.8 Å². The number of hydrogen-bond acceptors (Lipinski definition) is 8. The average molecular weight is 440 g/mol. The maximum absolute atomic E-state index is 15.3. The molecule has 0 bridgehead atoms. The van der Waals surface area contributed by atoms with E-state index in [2.05, 4.69) is 27.2 Å². The summed E-state index contributed by atoms with van der Waals surface area (Å²) in [5, 5.41) is 14.9. The monoisotopic (exact) mass is 440 g/mol. The number of nitro groups is 1. The van der Waals surface area contributed by atoms with Crippen molar-refractivity contribution < 1.29 is 13.8 Å². The molecule has 1 saturated carbocycles. The van der Waals surface area contributed by atoms with Crippen LogP contribution in [-0.2, 0) is 0 Å². The third kappa shape index (κ3) is 4.18. The van der Waals surface area contributed by atoms with E-state index in [0.29, 0.717) is 22.7 Å². The van der Waals surface area contributed by atoms with Gasteiger partial charge in [-0.3, -0.25) is 10.1 Å². The van der Waals surface area contributed by atoms with Gasteiger partial charge >= 0.3 is 5.88 Å². The number of halogens is 1. The molecule has 2 aliphatic heterocycles. The minimum atomic E-state index is -0.901. The predicted molar refractivity (Wildman–Crippen MR) is 121 cm³/mol. The molecule has 32 heavy (non-hydrogen) atoms. The lowest BCUT2D eigenvalue weighted by atomic mass is 10.1. The highest BCUT2D eigenvalue weighted by Gasteiger charge is 2.31. The number of furan rings is 1. The van der Waals surface area contributed by atoms with Crippen LogP contribution in [0.4, 0.5) is 21.7 Å². The van der Waals surface area contributed by atoms with Crippen LogP contribution in [0.5, 0.6) is 0 Å². The first-order valence-electron chi connectivity index (χ1n) is 10.8. The van der Waals surface area contributed by atoms with Gasteiger partial charge in [0, 0.05) is 43.5 Å². The second-order valence-electron chi connectivity index (χ2n) is 8.41. The molecule has 0 radical (unpaired) electrons. The normalized spacial score (nSPS) is 21.6. The number of nitrogens with zero attached hydrogens (tertiary/aromatic N) is 5. The van der Waals surface area contributed by atoms with Crippen molar-refractivity contribution in [2.24, 2.45) is 4.99 Å². The van der Waals surface area contributed by atoms with Crippen LogP contribution in [0.25, 0.3) is 6.08 Å². The van der Waals surface area contributed by atoms with E-state index in [1.54, 1.807) is 6.07 Å². The van der Waals surface area contributed by atoms with Gasteiger partial charge in [0.05, 0.1) is 11.8 Å². The first kappa shape index (κ1) is 20.5. The number of aliphatic imine (C=N–C) groups is 1.